The average molecular weight is 253 g/mol. The van der Waals surface area contributed by atoms with Crippen LogP contribution in [0.1, 0.15) is 12.5 Å². The number of benzene rings is 1. The van der Waals surface area contributed by atoms with Gasteiger partial charge >= 0.3 is 5.97 Å². The van der Waals surface area contributed by atoms with E-state index in [1.54, 1.807) is 0 Å². The summed E-state index contributed by atoms with van der Waals surface area (Å²) in [4.78, 5) is 11.1. The van der Waals surface area contributed by atoms with Crippen molar-refractivity contribution in [3.63, 3.8) is 0 Å². The molecule has 0 aliphatic heterocycles. The van der Waals surface area contributed by atoms with E-state index in [4.69, 9.17) is 5.11 Å². The summed E-state index contributed by atoms with van der Waals surface area (Å²) >= 11 is 1.81. The second kappa shape index (κ2) is 8.14. The number of carboxylic acid groups (broad SMARTS) is 1. The van der Waals surface area contributed by atoms with E-state index in [2.05, 4.69) is 12.2 Å². The van der Waals surface area contributed by atoms with Crippen molar-refractivity contribution in [1.29, 1.82) is 0 Å². The summed E-state index contributed by atoms with van der Waals surface area (Å²) in [5.74, 6) is 1.24. The number of thioether (sulfide) groups is 1. The van der Waals surface area contributed by atoms with Gasteiger partial charge in [0.05, 0.1) is 0 Å². The molecule has 0 fully saturated rings. The van der Waals surface area contributed by atoms with Crippen LogP contribution < -0.4 is 5.32 Å². The first-order valence-electron chi connectivity index (χ1n) is 5.82. The van der Waals surface area contributed by atoms with Crippen LogP contribution in [0.3, 0.4) is 0 Å². The summed E-state index contributed by atoms with van der Waals surface area (Å²) in [7, 11) is 0. The number of nitrogens with one attached hydrogen (secondary N) is 1. The molecule has 0 unspecified atom stereocenters. The minimum Gasteiger partial charge on any atom is -0.480 e. The lowest BCUT2D eigenvalue weighted by Gasteiger charge is -2.14. The molecule has 0 aliphatic carbocycles. The molecule has 0 radical (unpaired) electrons. The van der Waals surface area contributed by atoms with Gasteiger partial charge in [-0.05, 0) is 17.7 Å². The third-order valence-corrected chi connectivity index (χ3v) is 3.32. The lowest BCUT2D eigenvalue weighted by atomic mass is 10.1. The summed E-state index contributed by atoms with van der Waals surface area (Å²) < 4.78 is 0. The molecule has 2 N–H and O–H groups in total. The average Bonchev–Trinajstić information content (AvgIpc) is 2.34. The van der Waals surface area contributed by atoms with Gasteiger partial charge in [0.25, 0.3) is 0 Å². The Morgan fingerprint density at radius 2 is 2.12 bits per heavy atom. The normalized spacial score (nSPS) is 12.3. The number of hydrogen-bond acceptors (Lipinski definition) is 3. The largest absolute Gasteiger partial charge is 0.480 e. The molecule has 0 saturated heterocycles. The molecule has 94 valence electrons. The minimum absolute atomic E-state index is 0.491. The summed E-state index contributed by atoms with van der Waals surface area (Å²) in [5.41, 5.74) is 1.05. The Morgan fingerprint density at radius 1 is 1.41 bits per heavy atom. The SMILES string of the molecule is CCSCCN[C@H](Cc1ccccc1)C(=O)O. The summed E-state index contributed by atoms with van der Waals surface area (Å²) in [5, 5.41) is 12.2. The standard InChI is InChI=1S/C13H19NO2S/c1-2-17-9-8-14-12(13(15)16)10-11-6-4-3-5-7-11/h3-7,12,14H,2,8-10H2,1H3,(H,15,16)/t12-/m1/s1. The molecule has 0 aromatic heterocycles. The monoisotopic (exact) mass is 253 g/mol. The number of carbonyl (C=O) groups is 1. The molecular weight excluding hydrogens is 234 g/mol. The topological polar surface area (TPSA) is 49.3 Å². The molecule has 3 nitrogen and oxygen atoms in total. The Balaban J connectivity index is 2.41. The highest BCUT2D eigenvalue weighted by Gasteiger charge is 2.16. The van der Waals surface area contributed by atoms with Crippen molar-refractivity contribution < 1.29 is 9.90 Å². The molecule has 4 heteroatoms. The summed E-state index contributed by atoms with van der Waals surface area (Å²) in [6, 6.07) is 9.22. The fourth-order valence-electron chi connectivity index (χ4n) is 1.55. The second-order valence-electron chi connectivity index (χ2n) is 3.73. The number of aliphatic carboxylic acids is 1. The smallest absolute Gasteiger partial charge is 0.321 e. The van der Waals surface area contributed by atoms with Crippen molar-refractivity contribution in [1.82, 2.24) is 5.32 Å². The van der Waals surface area contributed by atoms with Crippen LogP contribution in [0.5, 0.6) is 0 Å². The third-order valence-electron chi connectivity index (χ3n) is 2.42. The van der Waals surface area contributed by atoms with Gasteiger partial charge in [0.1, 0.15) is 6.04 Å². The maximum absolute atomic E-state index is 11.1. The summed E-state index contributed by atoms with van der Waals surface area (Å²) in [6.45, 7) is 2.84. The van der Waals surface area contributed by atoms with Crippen molar-refractivity contribution in [2.75, 3.05) is 18.1 Å². The van der Waals surface area contributed by atoms with Crippen LogP contribution >= 0.6 is 11.8 Å². The van der Waals surface area contributed by atoms with Crippen LogP contribution in [0.15, 0.2) is 30.3 Å². The van der Waals surface area contributed by atoms with Gasteiger partial charge in [-0.25, -0.2) is 0 Å². The van der Waals surface area contributed by atoms with Gasteiger partial charge in [0.15, 0.2) is 0 Å². The van der Waals surface area contributed by atoms with Gasteiger partial charge in [0.2, 0.25) is 0 Å². The Kier molecular flexibility index (Phi) is 6.74. The van der Waals surface area contributed by atoms with Crippen LogP contribution in [0.2, 0.25) is 0 Å². The molecule has 0 aliphatic rings. The van der Waals surface area contributed by atoms with Crippen molar-refractivity contribution in [2.24, 2.45) is 0 Å². The molecular formula is C13H19NO2S. The van der Waals surface area contributed by atoms with E-state index in [9.17, 15) is 4.79 Å². The van der Waals surface area contributed by atoms with Gasteiger partial charge in [-0.2, -0.15) is 11.8 Å². The van der Waals surface area contributed by atoms with Crippen LogP contribution in [0, 0.1) is 0 Å². The van der Waals surface area contributed by atoms with E-state index >= 15 is 0 Å². The quantitative estimate of drug-likeness (QED) is 0.696. The van der Waals surface area contributed by atoms with E-state index in [-0.39, 0.29) is 0 Å². The Labute approximate surface area is 107 Å². The Morgan fingerprint density at radius 3 is 2.71 bits per heavy atom. The molecule has 1 rings (SSSR count). The van der Waals surface area contributed by atoms with Gasteiger partial charge in [-0.3, -0.25) is 4.79 Å². The fraction of sp³-hybridized carbons (Fsp3) is 0.462. The number of hydrogen-bond donors (Lipinski definition) is 2. The highest BCUT2D eigenvalue weighted by atomic mass is 32.2. The van der Waals surface area contributed by atoms with Crippen LogP contribution in [0.4, 0.5) is 0 Å². The van der Waals surface area contributed by atoms with Gasteiger partial charge < -0.3 is 10.4 Å². The van der Waals surface area contributed by atoms with E-state index in [0.29, 0.717) is 6.42 Å². The summed E-state index contributed by atoms with van der Waals surface area (Å²) in [6.07, 6.45) is 0.535. The highest BCUT2D eigenvalue weighted by Crippen LogP contribution is 2.04. The van der Waals surface area contributed by atoms with Crippen molar-refractivity contribution in [2.45, 2.75) is 19.4 Å². The maximum atomic E-state index is 11.1. The number of carboxylic acids is 1. The Hall–Kier alpha value is -1.00. The zero-order valence-corrected chi connectivity index (χ0v) is 10.9. The lowest BCUT2D eigenvalue weighted by molar-refractivity contribution is -0.139. The molecule has 0 spiro atoms. The van der Waals surface area contributed by atoms with Gasteiger partial charge in [-0.15, -0.1) is 0 Å². The lowest BCUT2D eigenvalue weighted by Crippen LogP contribution is -2.39. The molecule has 1 atom stereocenters. The van der Waals surface area contributed by atoms with E-state index < -0.39 is 12.0 Å². The number of rotatable bonds is 8. The molecule has 1 aromatic rings. The second-order valence-corrected chi connectivity index (χ2v) is 5.13. The Bertz CT molecular complexity index is 329. The predicted octanol–water partition coefficient (Wildman–Crippen LogP) is 2.02. The van der Waals surface area contributed by atoms with Gasteiger partial charge in [-0.1, -0.05) is 37.3 Å². The first-order valence-corrected chi connectivity index (χ1v) is 6.97. The third kappa shape index (κ3) is 5.75. The first-order chi connectivity index (χ1) is 8.24. The molecule has 17 heavy (non-hydrogen) atoms. The predicted molar refractivity (Wildman–Crippen MR) is 72.6 cm³/mol. The molecule has 1 aromatic carbocycles. The zero-order valence-electron chi connectivity index (χ0n) is 10.1. The van der Waals surface area contributed by atoms with E-state index in [1.165, 1.54) is 0 Å². The van der Waals surface area contributed by atoms with E-state index in [1.807, 2.05) is 42.1 Å². The maximum Gasteiger partial charge on any atom is 0.321 e. The molecule has 0 amide bonds. The zero-order chi connectivity index (χ0) is 12.5. The molecule has 0 bridgehead atoms. The van der Waals surface area contributed by atoms with Crippen LogP contribution in [-0.4, -0.2) is 35.2 Å². The van der Waals surface area contributed by atoms with Crippen molar-refractivity contribution >= 4 is 17.7 Å². The van der Waals surface area contributed by atoms with Crippen LogP contribution in [0.25, 0.3) is 0 Å². The van der Waals surface area contributed by atoms with E-state index in [0.717, 1.165) is 23.6 Å². The molecule has 0 saturated carbocycles. The first kappa shape index (κ1) is 14.1. The fourth-order valence-corrected chi connectivity index (χ4v) is 2.10. The van der Waals surface area contributed by atoms with Crippen molar-refractivity contribution in [3.05, 3.63) is 35.9 Å². The highest BCUT2D eigenvalue weighted by molar-refractivity contribution is 7.99. The van der Waals surface area contributed by atoms with Gasteiger partial charge in [0, 0.05) is 12.3 Å². The van der Waals surface area contributed by atoms with Crippen molar-refractivity contribution in [3.8, 4) is 0 Å². The minimum atomic E-state index is -0.782. The van der Waals surface area contributed by atoms with Crippen LogP contribution in [-0.2, 0) is 11.2 Å². The molecule has 0 heterocycles.